The number of nitrogens with zero attached hydrogens (tertiary/aromatic N) is 2. The Morgan fingerprint density at radius 2 is 2.45 bits per heavy atom. The molecule has 0 fully saturated rings. The molecule has 0 saturated carbocycles. The molecule has 0 aliphatic carbocycles. The number of halogens is 2. The SMILES string of the molecule is FC1(F)COc2ccnn2C1. The van der Waals surface area contributed by atoms with Crippen LogP contribution in [0.3, 0.4) is 0 Å². The minimum absolute atomic E-state index is 0.380. The van der Waals surface area contributed by atoms with Crippen LogP contribution in [0.25, 0.3) is 0 Å². The number of aromatic nitrogens is 2. The molecule has 1 aliphatic heterocycles. The molecule has 1 aliphatic rings. The summed E-state index contributed by atoms with van der Waals surface area (Å²) < 4.78 is 31.0. The Balaban J connectivity index is 2.32. The maximum absolute atomic E-state index is 12.6. The van der Waals surface area contributed by atoms with Crippen LogP contribution in [-0.4, -0.2) is 22.3 Å². The summed E-state index contributed by atoms with van der Waals surface area (Å²) in [6.45, 7) is -0.923. The van der Waals surface area contributed by atoms with Crippen LogP contribution in [0.4, 0.5) is 8.78 Å². The molecule has 2 rings (SSSR count). The van der Waals surface area contributed by atoms with Crippen LogP contribution in [0.2, 0.25) is 0 Å². The predicted octanol–water partition coefficient (Wildman–Crippen LogP) is 0.911. The lowest BCUT2D eigenvalue weighted by Crippen LogP contribution is -2.36. The Bertz CT molecular complexity index is 271. The second-order valence-corrected chi connectivity index (χ2v) is 2.47. The number of hydrogen-bond donors (Lipinski definition) is 0. The Morgan fingerprint density at radius 3 is 3.27 bits per heavy atom. The van der Waals surface area contributed by atoms with Gasteiger partial charge in [-0.1, -0.05) is 0 Å². The van der Waals surface area contributed by atoms with Gasteiger partial charge in [-0.15, -0.1) is 0 Å². The molecule has 11 heavy (non-hydrogen) atoms. The van der Waals surface area contributed by atoms with Gasteiger partial charge in [-0.3, -0.25) is 0 Å². The predicted molar refractivity (Wildman–Crippen MR) is 32.7 cm³/mol. The Hall–Kier alpha value is -1.13. The van der Waals surface area contributed by atoms with Crippen LogP contribution >= 0.6 is 0 Å². The normalized spacial score (nSPS) is 20.5. The number of fused-ring (bicyclic) bond motifs is 1. The molecular weight excluding hydrogens is 154 g/mol. The second-order valence-electron chi connectivity index (χ2n) is 2.47. The van der Waals surface area contributed by atoms with E-state index in [9.17, 15) is 8.78 Å². The monoisotopic (exact) mass is 160 g/mol. The van der Waals surface area contributed by atoms with Gasteiger partial charge < -0.3 is 4.74 Å². The summed E-state index contributed by atoms with van der Waals surface area (Å²) in [5.41, 5.74) is 0. The highest BCUT2D eigenvalue weighted by atomic mass is 19.3. The molecule has 0 N–H and O–H groups in total. The Morgan fingerprint density at radius 1 is 1.64 bits per heavy atom. The molecule has 0 radical (unpaired) electrons. The first-order chi connectivity index (χ1) is 5.17. The van der Waals surface area contributed by atoms with Gasteiger partial charge in [0.25, 0.3) is 0 Å². The van der Waals surface area contributed by atoms with Crippen LogP contribution < -0.4 is 4.74 Å². The average Bonchev–Trinajstić information content (AvgIpc) is 2.31. The molecule has 0 saturated heterocycles. The lowest BCUT2D eigenvalue weighted by Gasteiger charge is -2.23. The number of hydrogen-bond acceptors (Lipinski definition) is 2. The van der Waals surface area contributed by atoms with Crippen LogP contribution in [0, 0.1) is 0 Å². The zero-order valence-electron chi connectivity index (χ0n) is 5.63. The number of ether oxygens (including phenoxy) is 1. The lowest BCUT2D eigenvalue weighted by atomic mass is 10.3. The third-order valence-electron chi connectivity index (χ3n) is 1.49. The van der Waals surface area contributed by atoms with Crippen molar-refractivity contribution in [2.24, 2.45) is 0 Å². The molecule has 5 heteroatoms. The van der Waals surface area contributed by atoms with Crippen molar-refractivity contribution < 1.29 is 13.5 Å². The highest BCUT2D eigenvalue weighted by Crippen LogP contribution is 2.25. The largest absolute Gasteiger partial charge is 0.471 e. The molecule has 0 aromatic carbocycles. The second kappa shape index (κ2) is 1.93. The Labute approximate surface area is 61.6 Å². The first-order valence-corrected chi connectivity index (χ1v) is 3.20. The van der Waals surface area contributed by atoms with Crippen molar-refractivity contribution in [2.45, 2.75) is 12.5 Å². The van der Waals surface area contributed by atoms with E-state index in [1.807, 2.05) is 0 Å². The van der Waals surface area contributed by atoms with E-state index in [-0.39, 0.29) is 6.54 Å². The smallest absolute Gasteiger partial charge is 0.300 e. The van der Waals surface area contributed by atoms with Crippen LogP contribution in [0.15, 0.2) is 12.3 Å². The zero-order valence-corrected chi connectivity index (χ0v) is 5.63. The molecule has 3 nitrogen and oxygen atoms in total. The van der Waals surface area contributed by atoms with Gasteiger partial charge in [-0.05, 0) is 0 Å². The van der Waals surface area contributed by atoms with E-state index in [1.54, 1.807) is 6.07 Å². The number of alkyl halides is 2. The minimum Gasteiger partial charge on any atom is -0.471 e. The highest BCUT2D eigenvalue weighted by Gasteiger charge is 2.36. The molecule has 60 valence electrons. The van der Waals surface area contributed by atoms with Crippen LogP contribution in [-0.2, 0) is 6.54 Å². The quantitative estimate of drug-likeness (QED) is 0.564. The van der Waals surface area contributed by atoms with Gasteiger partial charge in [0.2, 0.25) is 5.88 Å². The van der Waals surface area contributed by atoms with Gasteiger partial charge in [0, 0.05) is 6.07 Å². The maximum atomic E-state index is 12.6. The molecule has 1 aromatic heterocycles. The molecule has 0 unspecified atom stereocenters. The zero-order chi connectivity index (χ0) is 7.90. The third kappa shape index (κ3) is 1.06. The summed E-state index contributed by atoms with van der Waals surface area (Å²) in [7, 11) is 0. The standard InChI is InChI=1S/C6H6F2N2O/c7-6(8)3-10-5(11-4-6)1-2-9-10/h1-2H,3-4H2. The number of rotatable bonds is 0. The summed E-state index contributed by atoms with van der Waals surface area (Å²) in [6.07, 6.45) is 1.44. The van der Waals surface area contributed by atoms with Gasteiger partial charge in [0.15, 0.2) is 6.61 Å². The fraction of sp³-hybridized carbons (Fsp3) is 0.500. The topological polar surface area (TPSA) is 27.1 Å². The fourth-order valence-electron chi connectivity index (χ4n) is 1.01. The van der Waals surface area contributed by atoms with Crippen molar-refractivity contribution in [1.29, 1.82) is 0 Å². The molecule has 0 bridgehead atoms. The average molecular weight is 160 g/mol. The summed E-state index contributed by atoms with van der Waals surface area (Å²) in [5.74, 6) is -2.37. The summed E-state index contributed by atoms with van der Waals surface area (Å²) in [6, 6.07) is 1.56. The summed E-state index contributed by atoms with van der Waals surface area (Å²) in [5, 5.41) is 3.66. The van der Waals surface area contributed by atoms with E-state index >= 15 is 0 Å². The van der Waals surface area contributed by atoms with E-state index in [0.717, 1.165) is 4.68 Å². The molecule has 1 aromatic rings. The maximum Gasteiger partial charge on any atom is 0.300 e. The van der Waals surface area contributed by atoms with Gasteiger partial charge in [-0.2, -0.15) is 5.10 Å². The molecule has 0 atom stereocenters. The van der Waals surface area contributed by atoms with Gasteiger partial charge in [0.05, 0.1) is 6.20 Å². The van der Waals surface area contributed by atoms with E-state index in [1.165, 1.54) is 6.20 Å². The van der Waals surface area contributed by atoms with Gasteiger partial charge >= 0.3 is 5.92 Å². The minimum atomic E-state index is -2.78. The highest BCUT2D eigenvalue weighted by molar-refractivity contribution is 5.10. The molecule has 0 spiro atoms. The first kappa shape index (κ1) is 6.57. The summed E-state index contributed by atoms with van der Waals surface area (Å²) in [4.78, 5) is 0. The van der Waals surface area contributed by atoms with Crippen molar-refractivity contribution in [1.82, 2.24) is 9.78 Å². The fourth-order valence-corrected chi connectivity index (χ4v) is 1.01. The Kier molecular flexibility index (Phi) is 1.15. The van der Waals surface area contributed by atoms with E-state index < -0.39 is 12.5 Å². The molecule has 2 heterocycles. The van der Waals surface area contributed by atoms with Crippen molar-refractivity contribution in [3.8, 4) is 5.88 Å². The summed E-state index contributed by atoms with van der Waals surface area (Å²) >= 11 is 0. The van der Waals surface area contributed by atoms with E-state index in [4.69, 9.17) is 4.74 Å². The van der Waals surface area contributed by atoms with Gasteiger partial charge in [0.1, 0.15) is 6.54 Å². The van der Waals surface area contributed by atoms with Crippen molar-refractivity contribution >= 4 is 0 Å². The van der Waals surface area contributed by atoms with Gasteiger partial charge in [-0.25, -0.2) is 13.5 Å². The van der Waals surface area contributed by atoms with Crippen molar-refractivity contribution in [3.63, 3.8) is 0 Å². The first-order valence-electron chi connectivity index (χ1n) is 3.20. The molecular formula is C6H6F2N2O. The van der Waals surface area contributed by atoms with E-state index in [2.05, 4.69) is 5.10 Å². The van der Waals surface area contributed by atoms with Crippen LogP contribution in [0.1, 0.15) is 0 Å². The molecule has 0 amide bonds. The van der Waals surface area contributed by atoms with Crippen LogP contribution in [0.5, 0.6) is 5.88 Å². The lowest BCUT2D eigenvalue weighted by molar-refractivity contribution is -0.0795. The van der Waals surface area contributed by atoms with E-state index in [0.29, 0.717) is 5.88 Å². The van der Waals surface area contributed by atoms with Crippen molar-refractivity contribution in [2.75, 3.05) is 6.61 Å². The third-order valence-corrected chi connectivity index (χ3v) is 1.49. The van der Waals surface area contributed by atoms with Crippen molar-refractivity contribution in [3.05, 3.63) is 12.3 Å².